The first-order valence-electron chi connectivity index (χ1n) is 18.2. The Labute approximate surface area is 308 Å². The number of fused-ring (bicyclic) bond motifs is 3. The number of halogens is 1. The maximum atomic E-state index is 13.2. The summed E-state index contributed by atoms with van der Waals surface area (Å²) in [5.74, 6) is 1.22. The zero-order valence-corrected chi connectivity index (χ0v) is 30.6. The summed E-state index contributed by atoms with van der Waals surface area (Å²) in [6.45, 7) is 5.95. The Morgan fingerprint density at radius 3 is 1.49 bits per heavy atom. The molecule has 0 radical (unpaired) electrons. The lowest BCUT2D eigenvalue weighted by atomic mass is 10.0. The molecule has 2 aliphatic heterocycles. The summed E-state index contributed by atoms with van der Waals surface area (Å²) in [5, 5.41) is 15.6. The number of rotatable bonds is 11. The van der Waals surface area contributed by atoms with E-state index < -0.39 is 0 Å². The second-order valence-electron chi connectivity index (χ2n) is 14.2. The van der Waals surface area contributed by atoms with E-state index in [1.54, 1.807) is 0 Å². The van der Waals surface area contributed by atoms with E-state index in [1.165, 1.54) is 43.4 Å². The Morgan fingerprint density at radius 2 is 1.02 bits per heavy atom. The van der Waals surface area contributed by atoms with Crippen LogP contribution < -0.4 is 10.6 Å². The van der Waals surface area contributed by atoms with Crippen LogP contribution in [0.25, 0.3) is 32.3 Å². The van der Waals surface area contributed by atoms with Gasteiger partial charge in [0.05, 0.1) is 37.0 Å². The van der Waals surface area contributed by atoms with Crippen LogP contribution in [-0.4, -0.2) is 69.8 Å². The molecule has 2 N–H and O–H groups in total. The third-order valence-corrected chi connectivity index (χ3v) is 11.0. The largest absolute Gasteiger partial charge is 0.346 e. The summed E-state index contributed by atoms with van der Waals surface area (Å²) in [6, 6.07) is 46.4. The van der Waals surface area contributed by atoms with Gasteiger partial charge in [-0.1, -0.05) is 125 Å². The molecule has 8 rings (SSSR count). The molecule has 0 aromatic heterocycles. The summed E-state index contributed by atoms with van der Waals surface area (Å²) in [4.78, 5) is 17.8. The van der Waals surface area contributed by atoms with Crippen LogP contribution in [0.2, 0.25) is 0 Å². The molecule has 6 aromatic carbocycles. The minimum Gasteiger partial charge on any atom is -0.334 e. The van der Waals surface area contributed by atoms with Gasteiger partial charge in [0.2, 0.25) is 5.91 Å². The SMILES string of the molecule is O=C(CBr)N(Cc1ccc2ccccc2c1)C[C@@H]1CC[N+]2=C(N[C@H](CN(Cc3ccc4ccccc4c3)Cc3ccc4ccccc4c3)CC2)N1. The molecule has 6 aromatic rings. The normalized spacial score (nSPS) is 17.4. The van der Waals surface area contributed by atoms with Crippen molar-refractivity contribution in [1.29, 1.82) is 0 Å². The van der Waals surface area contributed by atoms with Crippen LogP contribution in [0.15, 0.2) is 127 Å². The van der Waals surface area contributed by atoms with Crippen LogP contribution in [0.4, 0.5) is 0 Å². The molecular formula is C44H45BrN5O+. The van der Waals surface area contributed by atoms with Crippen molar-refractivity contribution in [2.75, 3.05) is 31.5 Å². The quantitative estimate of drug-likeness (QED) is 0.106. The van der Waals surface area contributed by atoms with Gasteiger partial charge in [-0.25, -0.2) is 0 Å². The third-order valence-electron chi connectivity index (χ3n) is 10.5. The summed E-state index contributed by atoms with van der Waals surface area (Å²) in [5.41, 5.74) is 3.82. The Morgan fingerprint density at radius 1 is 0.588 bits per heavy atom. The lowest BCUT2D eigenvalue weighted by molar-refractivity contribution is -0.542. The van der Waals surface area contributed by atoms with Gasteiger partial charge in [-0.15, -0.1) is 0 Å². The number of guanidine groups is 1. The highest BCUT2D eigenvalue weighted by atomic mass is 79.9. The number of benzene rings is 6. The van der Waals surface area contributed by atoms with Crippen molar-refractivity contribution >= 4 is 60.1 Å². The number of carbonyl (C=O) groups excluding carboxylic acids is 1. The van der Waals surface area contributed by atoms with E-state index in [9.17, 15) is 4.79 Å². The van der Waals surface area contributed by atoms with Crippen molar-refractivity contribution in [3.8, 4) is 0 Å². The monoisotopic (exact) mass is 738 g/mol. The molecule has 0 saturated heterocycles. The van der Waals surface area contributed by atoms with E-state index >= 15 is 0 Å². The van der Waals surface area contributed by atoms with Gasteiger partial charge < -0.3 is 4.90 Å². The number of amides is 1. The van der Waals surface area contributed by atoms with Crippen molar-refractivity contribution in [3.05, 3.63) is 144 Å². The van der Waals surface area contributed by atoms with Gasteiger partial charge in [-0.05, 0) is 67.2 Å². The van der Waals surface area contributed by atoms with Crippen molar-refractivity contribution in [3.63, 3.8) is 0 Å². The van der Waals surface area contributed by atoms with Gasteiger partial charge in [-0.2, -0.15) is 0 Å². The van der Waals surface area contributed by atoms with Gasteiger partial charge in [0.25, 0.3) is 0 Å². The summed E-state index contributed by atoms with van der Waals surface area (Å²) in [6.07, 6.45) is 2.08. The molecule has 7 heteroatoms. The standard InChI is InChI=1S/C44H44BrN5O/c45-26-43(51)50(29-34-15-18-37-9-3-6-12-40(37)25-34)31-42-20-22-49-21-19-41(46-44(49)47-42)30-48(27-32-13-16-35-7-1-4-10-38(35)23-32)28-33-14-17-36-8-2-5-11-39(36)24-33/h1-18,23-25,41-42H,19-22,26-31H2,(H,46,47)/p+1/t41-,42-/m0/s1. The highest BCUT2D eigenvalue weighted by molar-refractivity contribution is 9.09. The third kappa shape index (κ3) is 7.95. The zero-order valence-electron chi connectivity index (χ0n) is 29.0. The average Bonchev–Trinajstić information content (AvgIpc) is 3.17. The van der Waals surface area contributed by atoms with Crippen LogP contribution >= 0.6 is 15.9 Å². The highest BCUT2D eigenvalue weighted by Crippen LogP contribution is 2.22. The molecule has 2 heterocycles. The maximum Gasteiger partial charge on any atom is 0.346 e. The second-order valence-corrected chi connectivity index (χ2v) is 14.8. The predicted molar refractivity (Wildman–Crippen MR) is 213 cm³/mol. The van der Waals surface area contributed by atoms with E-state index in [1.807, 2.05) is 4.90 Å². The molecule has 2 atom stereocenters. The minimum atomic E-state index is 0.116. The van der Waals surface area contributed by atoms with Crippen molar-refractivity contribution < 1.29 is 9.37 Å². The van der Waals surface area contributed by atoms with E-state index in [2.05, 4.69) is 163 Å². The molecule has 0 spiro atoms. The van der Waals surface area contributed by atoms with Crippen LogP contribution in [0.3, 0.4) is 0 Å². The van der Waals surface area contributed by atoms with Crippen LogP contribution in [0.1, 0.15) is 29.5 Å². The van der Waals surface area contributed by atoms with Crippen molar-refractivity contribution in [1.82, 2.24) is 20.4 Å². The lowest BCUT2D eigenvalue weighted by Crippen LogP contribution is -2.62. The fraction of sp³-hybridized carbons (Fsp3) is 0.273. The Balaban J connectivity index is 0.964. The topological polar surface area (TPSA) is 50.6 Å². The summed E-state index contributed by atoms with van der Waals surface area (Å²) >= 11 is 3.45. The van der Waals surface area contributed by atoms with Crippen molar-refractivity contribution in [2.45, 2.75) is 44.6 Å². The number of carbonyl (C=O) groups is 1. The molecule has 0 fully saturated rings. The van der Waals surface area contributed by atoms with Crippen LogP contribution in [-0.2, 0) is 24.4 Å². The maximum absolute atomic E-state index is 13.2. The second kappa shape index (κ2) is 15.3. The molecule has 6 nitrogen and oxygen atoms in total. The molecule has 51 heavy (non-hydrogen) atoms. The zero-order chi connectivity index (χ0) is 34.6. The number of alkyl halides is 1. The average molecular weight is 740 g/mol. The number of nitrogens with zero attached hydrogens (tertiary/aromatic N) is 3. The molecule has 1 amide bonds. The first kappa shape index (κ1) is 33.4. The lowest BCUT2D eigenvalue weighted by Gasteiger charge is -2.35. The molecule has 0 bridgehead atoms. The molecule has 0 unspecified atom stereocenters. The summed E-state index contributed by atoms with van der Waals surface area (Å²) < 4.78 is 2.45. The van der Waals surface area contributed by atoms with Gasteiger partial charge in [0, 0.05) is 39.0 Å². The fourth-order valence-corrected chi connectivity index (χ4v) is 8.19. The number of hydrogen-bond donors (Lipinski definition) is 2. The minimum absolute atomic E-state index is 0.116. The van der Waals surface area contributed by atoms with E-state index in [0.717, 1.165) is 57.1 Å². The van der Waals surface area contributed by atoms with Gasteiger partial charge in [0.15, 0.2) is 0 Å². The Bertz CT molecular complexity index is 2130. The molecule has 0 saturated carbocycles. The van der Waals surface area contributed by atoms with E-state index in [-0.39, 0.29) is 11.9 Å². The summed E-state index contributed by atoms with van der Waals surface area (Å²) in [7, 11) is 0. The van der Waals surface area contributed by atoms with Gasteiger partial charge >= 0.3 is 5.96 Å². The number of nitrogens with one attached hydrogen (secondary N) is 2. The molecule has 0 aliphatic carbocycles. The first-order valence-corrected chi connectivity index (χ1v) is 19.3. The Kier molecular flexibility index (Phi) is 10.0. The molecular weight excluding hydrogens is 694 g/mol. The number of hydrogen-bond acceptors (Lipinski definition) is 4. The predicted octanol–water partition coefficient (Wildman–Crippen LogP) is 7.66. The fourth-order valence-electron chi connectivity index (χ4n) is 7.84. The smallest absolute Gasteiger partial charge is 0.334 e. The molecule has 2 aliphatic rings. The van der Waals surface area contributed by atoms with E-state index in [4.69, 9.17) is 0 Å². The van der Waals surface area contributed by atoms with Gasteiger partial charge in [-0.3, -0.25) is 24.9 Å². The van der Waals surface area contributed by atoms with Crippen LogP contribution in [0, 0.1) is 0 Å². The van der Waals surface area contributed by atoms with Gasteiger partial charge in [0.1, 0.15) is 0 Å². The van der Waals surface area contributed by atoms with Crippen molar-refractivity contribution in [2.24, 2.45) is 0 Å². The molecule has 258 valence electrons. The van der Waals surface area contributed by atoms with E-state index in [0.29, 0.717) is 24.5 Å². The highest BCUT2D eigenvalue weighted by Gasteiger charge is 2.34. The first-order chi connectivity index (χ1) is 25.1. The Hall–Kier alpha value is -4.72. The van der Waals surface area contributed by atoms with Crippen LogP contribution in [0.5, 0.6) is 0 Å².